The molecule has 0 saturated carbocycles. The summed E-state index contributed by atoms with van der Waals surface area (Å²) in [6, 6.07) is 7.08. The Kier molecular flexibility index (Phi) is 8.30. The maximum Gasteiger partial charge on any atom is 0.251 e. The number of nitrogens with one attached hydrogen (secondary N) is 1. The van der Waals surface area contributed by atoms with Gasteiger partial charge in [0.2, 0.25) is 15.9 Å². The molecule has 3 aliphatic rings. The summed E-state index contributed by atoms with van der Waals surface area (Å²) < 4.78 is 33.6. The predicted molar refractivity (Wildman–Crippen MR) is 148 cm³/mol. The second-order valence-electron chi connectivity index (χ2n) is 11.0. The number of fused-ring (bicyclic) bond motifs is 1. The molecule has 1 N–H and O–H groups in total. The highest BCUT2D eigenvalue weighted by molar-refractivity contribution is 7.89. The fraction of sp³-hybridized carbons (Fsp3) is 0.500. The van der Waals surface area contributed by atoms with Gasteiger partial charge in [-0.2, -0.15) is 9.04 Å². The van der Waals surface area contributed by atoms with E-state index in [4.69, 9.17) is 4.74 Å². The maximum atomic E-state index is 13.8. The number of carbonyl (C=O) groups excluding carboxylic acids is 3. The summed E-state index contributed by atoms with van der Waals surface area (Å²) >= 11 is 0. The summed E-state index contributed by atoms with van der Waals surface area (Å²) in [6.07, 6.45) is 2.82. The number of sulfonamides is 1. The van der Waals surface area contributed by atoms with Crippen molar-refractivity contribution in [1.29, 1.82) is 0 Å². The van der Waals surface area contributed by atoms with Crippen LogP contribution in [0.1, 0.15) is 37.0 Å². The SMILES string of the molecule is CC(C)CC(NC(=O)c1ccc(N2CCOCC2)cc1)C(=O)N1CCC2C1C(=O)CN2S(=O)(=O)c1cc[n+]([O-])cc1. The van der Waals surface area contributed by atoms with E-state index >= 15 is 0 Å². The Bertz CT molecular complexity index is 1390. The lowest BCUT2D eigenvalue weighted by atomic mass is 10.0. The number of rotatable bonds is 8. The van der Waals surface area contributed by atoms with E-state index in [0.717, 1.165) is 35.5 Å². The Morgan fingerprint density at radius 3 is 2.37 bits per heavy atom. The van der Waals surface area contributed by atoms with E-state index in [0.29, 0.717) is 36.3 Å². The number of nitrogens with zero attached hydrogens (tertiary/aromatic N) is 4. The Hall–Kier alpha value is -3.55. The normalized spacial score (nSPS) is 22.2. The van der Waals surface area contributed by atoms with Crippen LogP contribution in [0.2, 0.25) is 0 Å². The Morgan fingerprint density at radius 2 is 1.73 bits per heavy atom. The monoisotopic (exact) mass is 585 g/mol. The molecule has 3 atom stereocenters. The molecule has 41 heavy (non-hydrogen) atoms. The zero-order valence-corrected chi connectivity index (χ0v) is 24.0. The highest BCUT2D eigenvalue weighted by Crippen LogP contribution is 2.34. The van der Waals surface area contributed by atoms with Crippen LogP contribution >= 0.6 is 0 Å². The molecule has 220 valence electrons. The van der Waals surface area contributed by atoms with Crippen LogP contribution in [0.5, 0.6) is 0 Å². The van der Waals surface area contributed by atoms with Crippen molar-refractivity contribution in [1.82, 2.24) is 14.5 Å². The lowest BCUT2D eigenvalue weighted by Gasteiger charge is -2.29. The van der Waals surface area contributed by atoms with Crippen LogP contribution in [0.15, 0.2) is 53.7 Å². The van der Waals surface area contributed by atoms with Crippen molar-refractivity contribution in [2.24, 2.45) is 5.92 Å². The first kappa shape index (κ1) is 29.0. The molecule has 5 rings (SSSR count). The van der Waals surface area contributed by atoms with Crippen molar-refractivity contribution >= 4 is 33.3 Å². The van der Waals surface area contributed by atoms with E-state index in [1.54, 1.807) is 12.1 Å². The van der Waals surface area contributed by atoms with Gasteiger partial charge in [-0.15, -0.1) is 0 Å². The molecule has 0 aliphatic carbocycles. The van der Waals surface area contributed by atoms with Crippen LogP contribution in [0.3, 0.4) is 0 Å². The third-order valence-electron chi connectivity index (χ3n) is 7.85. The van der Waals surface area contributed by atoms with Crippen molar-refractivity contribution in [3.8, 4) is 0 Å². The van der Waals surface area contributed by atoms with Gasteiger partial charge in [0.05, 0.1) is 30.7 Å². The number of hydrogen-bond donors (Lipinski definition) is 1. The van der Waals surface area contributed by atoms with Gasteiger partial charge in [0.1, 0.15) is 12.1 Å². The van der Waals surface area contributed by atoms with Gasteiger partial charge in [-0.3, -0.25) is 14.4 Å². The van der Waals surface area contributed by atoms with Crippen LogP contribution in [-0.2, 0) is 24.3 Å². The number of aromatic nitrogens is 1. The molecule has 2 amide bonds. The number of ketones is 1. The molecule has 3 aliphatic heterocycles. The van der Waals surface area contributed by atoms with Gasteiger partial charge in [-0.05, 0) is 43.0 Å². The Labute approximate surface area is 239 Å². The average molecular weight is 586 g/mol. The molecule has 3 saturated heterocycles. The highest BCUT2D eigenvalue weighted by atomic mass is 32.2. The number of amides is 2. The van der Waals surface area contributed by atoms with Crippen molar-refractivity contribution in [2.45, 2.75) is 49.7 Å². The minimum Gasteiger partial charge on any atom is -0.619 e. The number of anilines is 1. The summed E-state index contributed by atoms with van der Waals surface area (Å²) in [5.41, 5.74) is 1.41. The number of morpholine rings is 1. The minimum absolute atomic E-state index is 0.0735. The summed E-state index contributed by atoms with van der Waals surface area (Å²) in [6.45, 7) is 6.58. The van der Waals surface area contributed by atoms with Crippen molar-refractivity contribution < 1.29 is 32.3 Å². The number of pyridine rings is 1. The number of ether oxygens (including phenoxy) is 1. The molecule has 0 bridgehead atoms. The molecular formula is C28H35N5O7S. The largest absolute Gasteiger partial charge is 0.619 e. The molecule has 2 aromatic rings. The van der Waals surface area contributed by atoms with E-state index in [9.17, 15) is 28.0 Å². The van der Waals surface area contributed by atoms with Crippen molar-refractivity contribution in [3.05, 3.63) is 59.6 Å². The zero-order chi connectivity index (χ0) is 29.3. The standard InChI is InChI=1S/C28H35N5O7S/c1-19(2)17-23(29-27(35)20-3-5-21(6-4-20)30-13-15-40-16-14-30)28(36)32-12-9-24-26(32)25(34)18-33(24)41(38,39)22-7-10-31(37)11-8-22/h3-8,10-11,19,23-24,26H,9,12-18H2,1-2H3,(H,29,35). The van der Waals surface area contributed by atoms with Gasteiger partial charge < -0.3 is 25.1 Å². The fourth-order valence-electron chi connectivity index (χ4n) is 5.83. The quantitative estimate of drug-likeness (QED) is 0.350. The summed E-state index contributed by atoms with van der Waals surface area (Å²) in [7, 11) is -4.06. The lowest BCUT2D eigenvalue weighted by Crippen LogP contribution is -2.53. The third kappa shape index (κ3) is 5.92. The van der Waals surface area contributed by atoms with E-state index in [1.807, 2.05) is 26.0 Å². The number of benzene rings is 1. The summed E-state index contributed by atoms with van der Waals surface area (Å²) in [5.74, 6) is -1.09. The zero-order valence-electron chi connectivity index (χ0n) is 23.1. The van der Waals surface area contributed by atoms with Gasteiger partial charge in [0.15, 0.2) is 18.2 Å². The van der Waals surface area contributed by atoms with Gasteiger partial charge >= 0.3 is 0 Å². The van der Waals surface area contributed by atoms with Gasteiger partial charge in [-0.1, -0.05) is 13.8 Å². The predicted octanol–water partition coefficient (Wildman–Crippen LogP) is 0.544. The van der Waals surface area contributed by atoms with E-state index in [-0.39, 0.29) is 29.7 Å². The summed E-state index contributed by atoms with van der Waals surface area (Å²) in [5, 5.41) is 14.3. The second-order valence-corrected chi connectivity index (χ2v) is 12.9. The van der Waals surface area contributed by atoms with Gasteiger partial charge in [0, 0.05) is 43.0 Å². The fourth-order valence-corrected chi connectivity index (χ4v) is 7.44. The minimum atomic E-state index is -4.06. The van der Waals surface area contributed by atoms with Crippen molar-refractivity contribution in [3.63, 3.8) is 0 Å². The van der Waals surface area contributed by atoms with Crippen LogP contribution < -0.4 is 14.9 Å². The molecule has 3 fully saturated rings. The van der Waals surface area contributed by atoms with Crippen LogP contribution in [0.4, 0.5) is 5.69 Å². The van der Waals surface area contributed by atoms with Crippen molar-refractivity contribution in [2.75, 3.05) is 44.3 Å². The maximum absolute atomic E-state index is 13.8. The van der Waals surface area contributed by atoms with E-state index in [1.165, 1.54) is 17.0 Å². The molecule has 1 aromatic heterocycles. The van der Waals surface area contributed by atoms with Gasteiger partial charge in [-0.25, -0.2) is 8.42 Å². The first-order valence-electron chi connectivity index (χ1n) is 13.8. The third-order valence-corrected chi connectivity index (χ3v) is 9.74. The molecule has 13 heteroatoms. The molecule has 4 heterocycles. The number of likely N-dealkylation sites (tertiary alicyclic amines) is 1. The molecule has 12 nitrogen and oxygen atoms in total. The molecule has 1 aromatic carbocycles. The van der Waals surface area contributed by atoms with Gasteiger partial charge in [0.25, 0.3) is 5.91 Å². The topological polar surface area (TPSA) is 143 Å². The lowest BCUT2D eigenvalue weighted by molar-refractivity contribution is -0.605. The van der Waals surface area contributed by atoms with E-state index in [2.05, 4.69) is 10.2 Å². The van der Waals surface area contributed by atoms with Crippen LogP contribution in [0, 0.1) is 11.1 Å². The second kappa shape index (κ2) is 11.7. The molecular weight excluding hydrogens is 550 g/mol. The van der Waals surface area contributed by atoms with Crippen LogP contribution in [-0.4, -0.2) is 92.7 Å². The molecule has 0 spiro atoms. The number of Topliss-reactive ketones (excluding diaryl/α,β-unsaturated/α-hetero) is 1. The smallest absolute Gasteiger partial charge is 0.251 e. The Balaban J connectivity index is 1.30. The number of carbonyl (C=O) groups is 3. The van der Waals surface area contributed by atoms with E-state index < -0.39 is 40.0 Å². The first-order chi connectivity index (χ1) is 19.6. The summed E-state index contributed by atoms with van der Waals surface area (Å²) in [4.78, 5) is 43.6. The number of hydrogen-bond acceptors (Lipinski definition) is 8. The van der Waals surface area contributed by atoms with Crippen LogP contribution in [0.25, 0.3) is 0 Å². The molecule has 0 radical (unpaired) electrons. The first-order valence-corrected chi connectivity index (χ1v) is 15.3. The highest BCUT2D eigenvalue weighted by Gasteiger charge is 2.54. The molecule has 3 unspecified atom stereocenters. The average Bonchev–Trinajstić information content (AvgIpc) is 3.54. The Morgan fingerprint density at radius 1 is 1.07 bits per heavy atom.